The lowest BCUT2D eigenvalue weighted by molar-refractivity contribution is -0.118. The first-order chi connectivity index (χ1) is 14.4. The van der Waals surface area contributed by atoms with Gasteiger partial charge in [-0.3, -0.25) is 9.59 Å². The van der Waals surface area contributed by atoms with Gasteiger partial charge in [-0.1, -0.05) is 18.2 Å². The SMILES string of the molecule is CCOc1cc(-c2n[nH]nc2C(N)=O)c(Br)cc1OCC(=O)Nc1ccccc1C. The molecule has 1 aromatic heterocycles. The molecule has 0 atom stereocenters. The third-order valence-electron chi connectivity index (χ3n) is 4.15. The number of rotatable bonds is 8. The third-order valence-corrected chi connectivity index (χ3v) is 4.80. The molecule has 2 aromatic carbocycles. The zero-order valence-corrected chi connectivity index (χ0v) is 17.9. The van der Waals surface area contributed by atoms with E-state index >= 15 is 0 Å². The molecule has 9 nitrogen and oxygen atoms in total. The van der Waals surface area contributed by atoms with Crippen molar-refractivity contribution in [1.29, 1.82) is 0 Å². The Morgan fingerprint density at radius 1 is 1.17 bits per heavy atom. The van der Waals surface area contributed by atoms with Crippen LogP contribution in [0.25, 0.3) is 11.3 Å². The molecule has 3 aromatic rings. The number of hydrogen-bond acceptors (Lipinski definition) is 6. The van der Waals surface area contributed by atoms with Crippen molar-refractivity contribution in [2.45, 2.75) is 13.8 Å². The van der Waals surface area contributed by atoms with Gasteiger partial charge in [-0.25, -0.2) is 0 Å². The van der Waals surface area contributed by atoms with Gasteiger partial charge >= 0.3 is 0 Å². The topological polar surface area (TPSA) is 132 Å². The van der Waals surface area contributed by atoms with Crippen LogP contribution in [0.4, 0.5) is 5.69 Å². The fourth-order valence-corrected chi connectivity index (χ4v) is 3.24. The van der Waals surface area contributed by atoms with E-state index in [2.05, 4.69) is 36.7 Å². The lowest BCUT2D eigenvalue weighted by atomic mass is 10.1. The van der Waals surface area contributed by atoms with Gasteiger partial charge in [0.15, 0.2) is 23.8 Å². The lowest BCUT2D eigenvalue weighted by Gasteiger charge is -2.15. The summed E-state index contributed by atoms with van der Waals surface area (Å²) in [6.07, 6.45) is 0. The number of aromatic nitrogens is 3. The zero-order valence-electron chi connectivity index (χ0n) is 16.4. The second-order valence-electron chi connectivity index (χ2n) is 6.25. The largest absolute Gasteiger partial charge is 0.490 e. The minimum Gasteiger partial charge on any atom is -0.490 e. The highest BCUT2D eigenvalue weighted by molar-refractivity contribution is 9.10. The molecule has 0 unspecified atom stereocenters. The van der Waals surface area contributed by atoms with Crippen molar-refractivity contribution in [3.05, 3.63) is 52.1 Å². The highest BCUT2D eigenvalue weighted by Crippen LogP contribution is 2.39. The molecule has 0 aliphatic heterocycles. The van der Waals surface area contributed by atoms with Crippen molar-refractivity contribution in [3.63, 3.8) is 0 Å². The molecule has 10 heteroatoms. The molecule has 3 rings (SSSR count). The lowest BCUT2D eigenvalue weighted by Crippen LogP contribution is -2.21. The van der Waals surface area contributed by atoms with Crippen molar-refractivity contribution < 1.29 is 19.1 Å². The van der Waals surface area contributed by atoms with Gasteiger partial charge in [0.05, 0.1) is 6.61 Å². The first kappa shape index (κ1) is 21.3. The van der Waals surface area contributed by atoms with Crippen molar-refractivity contribution >= 4 is 33.4 Å². The second-order valence-corrected chi connectivity index (χ2v) is 7.10. The van der Waals surface area contributed by atoms with Gasteiger partial charge in [-0.2, -0.15) is 15.4 Å². The summed E-state index contributed by atoms with van der Waals surface area (Å²) in [7, 11) is 0. The summed E-state index contributed by atoms with van der Waals surface area (Å²) in [6.45, 7) is 3.89. The number of nitrogens with two attached hydrogens (primary N) is 1. The summed E-state index contributed by atoms with van der Waals surface area (Å²) in [4.78, 5) is 23.9. The zero-order chi connectivity index (χ0) is 21.7. The van der Waals surface area contributed by atoms with Gasteiger partial charge < -0.3 is 20.5 Å². The molecule has 1 heterocycles. The Bertz CT molecular complexity index is 1080. The fraction of sp³-hybridized carbons (Fsp3) is 0.200. The average Bonchev–Trinajstić information content (AvgIpc) is 3.20. The second kappa shape index (κ2) is 9.40. The number of aryl methyl sites for hydroxylation is 1. The number of hydrogen-bond donors (Lipinski definition) is 3. The summed E-state index contributed by atoms with van der Waals surface area (Å²) < 4.78 is 11.9. The van der Waals surface area contributed by atoms with Gasteiger partial charge in [-0.05, 0) is 53.5 Å². The molecule has 0 saturated heterocycles. The average molecular weight is 474 g/mol. The van der Waals surface area contributed by atoms with Crippen molar-refractivity contribution in [2.75, 3.05) is 18.5 Å². The fourth-order valence-electron chi connectivity index (χ4n) is 2.73. The Kier molecular flexibility index (Phi) is 6.68. The van der Waals surface area contributed by atoms with Crippen LogP contribution >= 0.6 is 15.9 Å². The Morgan fingerprint density at radius 3 is 2.60 bits per heavy atom. The van der Waals surface area contributed by atoms with Crippen LogP contribution in [0.2, 0.25) is 0 Å². The number of amides is 2. The number of carbonyl (C=O) groups is 2. The molecule has 0 saturated carbocycles. The predicted molar refractivity (Wildman–Crippen MR) is 115 cm³/mol. The van der Waals surface area contributed by atoms with E-state index in [0.717, 1.165) is 11.3 Å². The monoisotopic (exact) mass is 473 g/mol. The quantitative estimate of drug-likeness (QED) is 0.460. The molecule has 0 aliphatic carbocycles. The number of anilines is 1. The Labute approximate surface area is 181 Å². The van der Waals surface area contributed by atoms with E-state index in [-0.39, 0.29) is 23.9 Å². The van der Waals surface area contributed by atoms with Crippen LogP contribution in [0.1, 0.15) is 23.0 Å². The number of halogens is 1. The van der Waals surface area contributed by atoms with Crippen LogP contribution in [0.3, 0.4) is 0 Å². The van der Waals surface area contributed by atoms with Gasteiger partial charge in [0.2, 0.25) is 0 Å². The molecular formula is C20H20BrN5O4. The number of primary amides is 1. The minimum absolute atomic E-state index is 0.00410. The van der Waals surface area contributed by atoms with E-state index in [1.54, 1.807) is 12.1 Å². The number of benzene rings is 2. The minimum atomic E-state index is -0.711. The maximum absolute atomic E-state index is 12.3. The predicted octanol–water partition coefficient (Wildman–Crippen LogP) is 3.06. The van der Waals surface area contributed by atoms with Crippen LogP contribution < -0.4 is 20.5 Å². The molecule has 2 amide bonds. The molecule has 0 aliphatic rings. The molecule has 4 N–H and O–H groups in total. The number of carbonyl (C=O) groups excluding carboxylic acids is 2. The van der Waals surface area contributed by atoms with Crippen LogP contribution in [0.15, 0.2) is 40.9 Å². The molecule has 0 radical (unpaired) electrons. The van der Waals surface area contributed by atoms with E-state index < -0.39 is 5.91 Å². The highest BCUT2D eigenvalue weighted by Gasteiger charge is 2.21. The Balaban J connectivity index is 1.82. The van der Waals surface area contributed by atoms with Crippen molar-refractivity contribution in [1.82, 2.24) is 15.4 Å². The first-order valence-electron chi connectivity index (χ1n) is 9.06. The number of H-pyrrole nitrogens is 1. The van der Waals surface area contributed by atoms with E-state index in [1.165, 1.54) is 0 Å². The molecule has 0 spiro atoms. The maximum Gasteiger partial charge on any atom is 0.271 e. The van der Waals surface area contributed by atoms with Crippen molar-refractivity contribution in [2.24, 2.45) is 5.73 Å². The third kappa shape index (κ3) is 4.77. The number of aromatic amines is 1. The smallest absolute Gasteiger partial charge is 0.271 e. The summed E-state index contributed by atoms with van der Waals surface area (Å²) in [6, 6.07) is 10.7. The van der Waals surface area contributed by atoms with E-state index in [9.17, 15) is 9.59 Å². The molecule has 0 fully saturated rings. The summed E-state index contributed by atoms with van der Waals surface area (Å²) in [5, 5.41) is 13.0. The summed E-state index contributed by atoms with van der Waals surface area (Å²) >= 11 is 3.44. The Hall–Kier alpha value is -3.40. The number of nitrogens with zero attached hydrogens (tertiary/aromatic N) is 2. The van der Waals surface area contributed by atoms with Gasteiger partial charge in [0, 0.05) is 15.7 Å². The van der Waals surface area contributed by atoms with Crippen LogP contribution in [-0.2, 0) is 4.79 Å². The number of para-hydroxylation sites is 1. The normalized spacial score (nSPS) is 10.5. The van der Waals surface area contributed by atoms with Crippen LogP contribution in [-0.4, -0.2) is 40.4 Å². The Morgan fingerprint density at radius 2 is 1.90 bits per heavy atom. The number of ether oxygens (including phenoxy) is 2. The van der Waals surface area contributed by atoms with Crippen molar-refractivity contribution in [3.8, 4) is 22.8 Å². The standard InChI is InChI=1S/C20H20BrN5O4/c1-3-29-15-8-12(18-19(20(22)28)25-26-24-18)13(21)9-16(15)30-10-17(27)23-14-7-5-4-6-11(14)2/h4-9H,3,10H2,1-2H3,(H2,22,28)(H,23,27)(H,24,25,26). The van der Waals surface area contributed by atoms with Gasteiger partial charge in [-0.15, -0.1) is 0 Å². The molecule has 30 heavy (non-hydrogen) atoms. The molecular weight excluding hydrogens is 454 g/mol. The van der Waals surface area contributed by atoms with Crippen LogP contribution in [0.5, 0.6) is 11.5 Å². The van der Waals surface area contributed by atoms with Crippen LogP contribution in [0, 0.1) is 6.92 Å². The highest BCUT2D eigenvalue weighted by atomic mass is 79.9. The van der Waals surface area contributed by atoms with E-state index in [1.807, 2.05) is 38.1 Å². The molecule has 0 bridgehead atoms. The van der Waals surface area contributed by atoms with Gasteiger partial charge in [0.25, 0.3) is 11.8 Å². The number of nitrogens with one attached hydrogen (secondary N) is 2. The molecule has 156 valence electrons. The van der Waals surface area contributed by atoms with E-state index in [0.29, 0.717) is 28.1 Å². The summed E-state index contributed by atoms with van der Waals surface area (Å²) in [5.41, 5.74) is 7.84. The summed E-state index contributed by atoms with van der Waals surface area (Å²) in [5.74, 6) is -0.273. The maximum atomic E-state index is 12.3. The van der Waals surface area contributed by atoms with E-state index in [4.69, 9.17) is 15.2 Å². The van der Waals surface area contributed by atoms with Gasteiger partial charge in [0.1, 0.15) is 5.69 Å². The first-order valence-corrected chi connectivity index (χ1v) is 9.85.